The molecule has 0 aliphatic carbocycles. The zero-order valence-corrected chi connectivity index (χ0v) is 9.73. The van der Waals surface area contributed by atoms with Crippen LogP contribution in [0.3, 0.4) is 0 Å². The topological polar surface area (TPSA) is 86.7 Å². The van der Waals surface area contributed by atoms with E-state index in [2.05, 4.69) is 5.16 Å². The zero-order valence-electron chi connectivity index (χ0n) is 9.73. The summed E-state index contributed by atoms with van der Waals surface area (Å²) in [6, 6.07) is 11.2. The third-order valence-corrected chi connectivity index (χ3v) is 2.67. The summed E-state index contributed by atoms with van der Waals surface area (Å²) in [5.41, 5.74) is 1.43. The molecule has 0 bridgehead atoms. The van der Waals surface area contributed by atoms with Gasteiger partial charge in [0.2, 0.25) is 0 Å². The van der Waals surface area contributed by atoms with Gasteiger partial charge in [0.1, 0.15) is 6.10 Å². The van der Waals surface area contributed by atoms with E-state index >= 15 is 0 Å². The van der Waals surface area contributed by atoms with Crippen LogP contribution in [0.15, 0.2) is 40.9 Å². The monoisotopic (exact) mass is 249 g/mol. The summed E-state index contributed by atoms with van der Waals surface area (Å²) in [6.07, 6.45) is -2.08. The van der Waals surface area contributed by atoms with Crippen LogP contribution in [0, 0.1) is 0 Å². The first-order valence-electron chi connectivity index (χ1n) is 5.68. The van der Waals surface area contributed by atoms with Crippen LogP contribution in [0.5, 0.6) is 0 Å². The summed E-state index contributed by atoms with van der Waals surface area (Å²) >= 11 is 0. The molecule has 0 amide bonds. The number of hydrogen-bond acceptors (Lipinski definition) is 5. The predicted molar refractivity (Wildman–Crippen MR) is 64.7 cm³/mol. The van der Waals surface area contributed by atoms with E-state index in [1.807, 2.05) is 30.3 Å². The van der Waals surface area contributed by atoms with E-state index in [9.17, 15) is 10.2 Å². The standard InChI is InChI=1S/C13H15NO4/c15-8-12(17)11(16)6-10-7-13(18-14-10)9-4-2-1-3-5-9/h1-5,7,11-12,15-17H,6,8H2/t11-,12+/m0/s1. The fourth-order valence-corrected chi connectivity index (χ4v) is 1.62. The SMILES string of the molecule is OC[C@@H](O)[C@@H](O)Cc1cc(-c2ccccc2)on1. The van der Waals surface area contributed by atoms with Crippen molar-refractivity contribution in [2.45, 2.75) is 18.6 Å². The van der Waals surface area contributed by atoms with Crippen molar-refractivity contribution in [3.05, 3.63) is 42.1 Å². The van der Waals surface area contributed by atoms with Gasteiger partial charge >= 0.3 is 0 Å². The molecule has 2 atom stereocenters. The second kappa shape index (κ2) is 5.77. The Morgan fingerprint density at radius 2 is 1.83 bits per heavy atom. The van der Waals surface area contributed by atoms with Gasteiger partial charge in [-0.15, -0.1) is 0 Å². The van der Waals surface area contributed by atoms with Crippen LogP contribution >= 0.6 is 0 Å². The molecule has 96 valence electrons. The first kappa shape index (κ1) is 12.8. The van der Waals surface area contributed by atoms with Crippen LogP contribution in [0.4, 0.5) is 0 Å². The van der Waals surface area contributed by atoms with E-state index in [0.717, 1.165) is 5.56 Å². The molecule has 1 heterocycles. The molecule has 0 saturated heterocycles. The fourth-order valence-electron chi connectivity index (χ4n) is 1.62. The summed E-state index contributed by atoms with van der Waals surface area (Å²) in [6.45, 7) is -0.482. The van der Waals surface area contributed by atoms with Gasteiger partial charge < -0.3 is 19.8 Å². The number of rotatable bonds is 5. The highest BCUT2D eigenvalue weighted by Crippen LogP contribution is 2.20. The van der Waals surface area contributed by atoms with Crippen LogP contribution in [0.2, 0.25) is 0 Å². The maximum Gasteiger partial charge on any atom is 0.167 e. The van der Waals surface area contributed by atoms with Crippen molar-refractivity contribution in [1.29, 1.82) is 0 Å². The molecule has 18 heavy (non-hydrogen) atoms. The van der Waals surface area contributed by atoms with E-state index in [1.165, 1.54) is 0 Å². The van der Waals surface area contributed by atoms with Crippen molar-refractivity contribution in [2.75, 3.05) is 6.61 Å². The number of nitrogens with zero attached hydrogens (tertiary/aromatic N) is 1. The normalized spacial score (nSPS) is 14.4. The van der Waals surface area contributed by atoms with Gasteiger partial charge in [0.05, 0.1) is 18.4 Å². The van der Waals surface area contributed by atoms with Gasteiger partial charge in [-0.3, -0.25) is 0 Å². The lowest BCUT2D eigenvalue weighted by Gasteiger charge is -2.13. The Labute approximate surface area is 104 Å². The van der Waals surface area contributed by atoms with Crippen molar-refractivity contribution >= 4 is 0 Å². The summed E-state index contributed by atoms with van der Waals surface area (Å²) < 4.78 is 5.16. The van der Waals surface area contributed by atoms with Gasteiger partial charge in [-0.25, -0.2) is 0 Å². The zero-order chi connectivity index (χ0) is 13.0. The van der Waals surface area contributed by atoms with E-state index in [1.54, 1.807) is 6.07 Å². The number of aliphatic hydroxyl groups is 3. The van der Waals surface area contributed by atoms with Gasteiger partial charge in [-0.2, -0.15) is 0 Å². The molecule has 1 aromatic heterocycles. The minimum atomic E-state index is -1.16. The predicted octanol–water partition coefficient (Wildman–Crippen LogP) is 0.598. The Bertz CT molecular complexity index is 483. The molecule has 0 radical (unpaired) electrons. The van der Waals surface area contributed by atoms with Gasteiger partial charge in [0.15, 0.2) is 5.76 Å². The first-order valence-corrected chi connectivity index (χ1v) is 5.68. The summed E-state index contributed by atoms with van der Waals surface area (Å²) in [5.74, 6) is 0.608. The Morgan fingerprint density at radius 3 is 2.50 bits per heavy atom. The first-order chi connectivity index (χ1) is 8.70. The van der Waals surface area contributed by atoms with Crippen molar-refractivity contribution in [3.63, 3.8) is 0 Å². The maximum atomic E-state index is 9.56. The van der Waals surface area contributed by atoms with E-state index in [0.29, 0.717) is 11.5 Å². The van der Waals surface area contributed by atoms with Crippen molar-refractivity contribution in [1.82, 2.24) is 5.16 Å². The average Bonchev–Trinajstić information content (AvgIpc) is 2.87. The van der Waals surface area contributed by atoms with Gasteiger partial charge in [-0.05, 0) is 0 Å². The highest BCUT2D eigenvalue weighted by molar-refractivity contribution is 5.56. The van der Waals surface area contributed by atoms with Gasteiger partial charge in [0, 0.05) is 18.1 Å². The molecular weight excluding hydrogens is 234 g/mol. The quantitative estimate of drug-likeness (QED) is 0.722. The lowest BCUT2D eigenvalue weighted by molar-refractivity contribution is -0.0139. The van der Waals surface area contributed by atoms with Crippen molar-refractivity contribution < 1.29 is 19.8 Å². The molecule has 2 aromatic rings. The van der Waals surface area contributed by atoms with E-state index < -0.39 is 18.8 Å². The molecule has 0 fully saturated rings. The van der Waals surface area contributed by atoms with Crippen LogP contribution in [-0.2, 0) is 6.42 Å². The number of benzene rings is 1. The third kappa shape index (κ3) is 2.95. The van der Waals surface area contributed by atoms with Gasteiger partial charge in [0.25, 0.3) is 0 Å². The number of aliphatic hydroxyl groups excluding tert-OH is 3. The Kier molecular flexibility index (Phi) is 4.09. The lowest BCUT2D eigenvalue weighted by atomic mass is 10.1. The van der Waals surface area contributed by atoms with Crippen LogP contribution in [-0.4, -0.2) is 39.3 Å². The van der Waals surface area contributed by atoms with Crippen molar-refractivity contribution in [2.24, 2.45) is 0 Å². The minimum Gasteiger partial charge on any atom is -0.394 e. The molecular formula is C13H15NO4. The molecule has 0 unspecified atom stereocenters. The maximum absolute atomic E-state index is 9.56. The van der Waals surface area contributed by atoms with E-state index in [4.69, 9.17) is 9.63 Å². The molecule has 0 saturated carbocycles. The Hall–Kier alpha value is -1.69. The van der Waals surface area contributed by atoms with Crippen LogP contribution in [0.25, 0.3) is 11.3 Å². The molecule has 3 N–H and O–H groups in total. The van der Waals surface area contributed by atoms with Crippen molar-refractivity contribution in [3.8, 4) is 11.3 Å². The Morgan fingerprint density at radius 1 is 1.11 bits per heavy atom. The summed E-state index contributed by atoms with van der Waals surface area (Å²) in [4.78, 5) is 0. The highest BCUT2D eigenvalue weighted by atomic mass is 16.5. The van der Waals surface area contributed by atoms with E-state index in [-0.39, 0.29) is 6.42 Å². The second-order valence-corrected chi connectivity index (χ2v) is 4.07. The fraction of sp³-hybridized carbons (Fsp3) is 0.308. The molecule has 5 nitrogen and oxygen atoms in total. The number of aromatic nitrogens is 1. The summed E-state index contributed by atoms with van der Waals surface area (Å²) in [7, 11) is 0. The molecule has 1 aromatic carbocycles. The number of hydrogen-bond donors (Lipinski definition) is 3. The van der Waals surface area contributed by atoms with Crippen LogP contribution in [0.1, 0.15) is 5.69 Å². The molecule has 0 aliphatic heterocycles. The summed E-state index contributed by atoms with van der Waals surface area (Å²) in [5, 5.41) is 31.3. The molecule has 0 spiro atoms. The molecule has 5 heteroatoms. The minimum absolute atomic E-state index is 0.137. The van der Waals surface area contributed by atoms with Gasteiger partial charge in [-0.1, -0.05) is 35.5 Å². The largest absolute Gasteiger partial charge is 0.394 e. The third-order valence-electron chi connectivity index (χ3n) is 2.67. The molecule has 2 rings (SSSR count). The average molecular weight is 249 g/mol. The molecule has 0 aliphatic rings. The Balaban J connectivity index is 2.07. The van der Waals surface area contributed by atoms with Crippen LogP contribution < -0.4 is 0 Å². The lowest BCUT2D eigenvalue weighted by Crippen LogP contribution is -2.31. The smallest absolute Gasteiger partial charge is 0.167 e. The highest BCUT2D eigenvalue weighted by Gasteiger charge is 2.18. The second-order valence-electron chi connectivity index (χ2n) is 4.07.